The van der Waals surface area contributed by atoms with Gasteiger partial charge in [-0.2, -0.15) is 0 Å². The predicted molar refractivity (Wildman–Crippen MR) is 95.9 cm³/mol. The Kier molecular flexibility index (Phi) is 5.50. The summed E-state index contributed by atoms with van der Waals surface area (Å²) in [5.41, 5.74) is 0.816. The molecule has 2 heterocycles. The summed E-state index contributed by atoms with van der Waals surface area (Å²) in [6.07, 6.45) is 2.92. The number of nitrogens with zero attached hydrogens (tertiary/aromatic N) is 3. The molecule has 3 rings (SSSR count). The van der Waals surface area contributed by atoms with Gasteiger partial charge in [0.05, 0.1) is 12.9 Å². The highest BCUT2D eigenvalue weighted by atomic mass is 32.2. The Morgan fingerprint density at radius 2 is 1.92 bits per heavy atom. The Bertz CT molecular complexity index is 791. The number of anilines is 1. The highest BCUT2D eigenvalue weighted by Crippen LogP contribution is 2.20. The van der Waals surface area contributed by atoms with E-state index in [1.807, 2.05) is 30.3 Å². The zero-order chi connectivity index (χ0) is 17.7. The Labute approximate surface area is 148 Å². The van der Waals surface area contributed by atoms with Crippen molar-refractivity contribution in [1.29, 1.82) is 0 Å². The molecular formula is C17H22N4O3S. The fourth-order valence-corrected chi connectivity index (χ4v) is 4.46. The SMILES string of the molecule is COc1cc(NC2CCN(S(=O)(=O)Cc3ccccc3)CC2)ncn1. The first-order chi connectivity index (χ1) is 12.1. The van der Waals surface area contributed by atoms with Gasteiger partial charge in [-0.3, -0.25) is 0 Å². The Morgan fingerprint density at radius 3 is 2.60 bits per heavy atom. The van der Waals surface area contributed by atoms with Crippen molar-refractivity contribution in [3.05, 3.63) is 48.3 Å². The maximum Gasteiger partial charge on any atom is 0.218 e. The van der Waals surface area contributed by atoms with Crippen LogP contribution in [0.4, 0.5) is 5.82 Å². The normalized spacial score (nSPS) is 16.5. The standard InChI is InChI=1S/C17H22N4O3S/c1-24-17-11-16(18-13-19-17)20-15-7-9-21(10-8-15)25(22,23)12-14-5-3-2-4-6-14/h2-6,11,13,15H,7-10,12H2,1H3,(H,18,19,20). The van der Waals surface area contributed by atoms with Gasteiger partial charge in [-0.15, -0.1) is 0 Å². The molecule has 134 valence electrons. The summed E-state index contributed by atoms with van der Waals surface area (Å²) in [5, 5.41) is 3.32. The van der Waals surface area contributed by atoms with Crippen LogP contribution in [-0.2, 0) is 15.8 Å². The van der Waals surface area contributed by atoms with Crippen LogP contribution in [0.5, 0.6) is 5.88 Å². The summed E-state index contributed by atoms with van der Waals surface area (Å²) in [4.78, 5) is 8.15. The number of rotatable bonds is 6. The van der Waals surface area contributed by atoms with E-state index in [0.717, 1.165) is 18.4 Å². The molecule has 0 aliphatic carbocycles. The van der Waals surface area contributed by atoms with Gasteiger partial charge in [-0.05, 0) is 18.4 Å². The molecule has 1 aliphatic heterocycles. The van der Waals surface area contributed by atoms with Crippen molar-refractivity contribution in [2.45, 2.75) is 24.6 Å². The van der Waals surface area contributed by atoms with Gasteiger partial charge >= 0.3 is 0 Å². The van der Waals surface area contributed by atoms with Crippen LogP contribution >= 0.6 is 0 Å². The van der Waals surface area contributed by atoms with Crippen molar-refractivity contribution in [2.24, 2.45) is 0 Å². The predicted octanol–water partition coefficient (Wildman–Crippen LogP) is 1.89. The second-order valence-corrected chi connectivity index (χ2v) is 7.97. The minimum atomic E-state index is -3.28. The second-order valence-electron chi connectivity index (χ2n) is 6.01. The lowest BCUT2D eigenvalue weighted by molar-refractivity contribution is 0.329. The lowest BCUT2D eigenvalue weighted by Crippen LogP contribution is -2.42. The molecule has 1 saturated heterocycles. The van der Waals surface area contributed by atoms with Crippen LogP contribution in [0.1, 0.15) is 18.4 Å². The summed E-state index contributed by atoms with van der Waals surface area (Å²) >= 11 is 0. The van der Waals surface area contributed by atoms with Crippen molar-refractivity contribution in [3.63, 3.8) is 0 Å². The van der Waals surface area contributed by atoms with E-state index in [4.69, 9.17) is 4.74 Å². The summed E-state index contributed by atoms with van der Waals surface area (Å²) < 4.78 is 31.8. The Balaban J connectivity index is 1.56. The van der Waals surface area contributed by atoms with Crippen molar-refractivity contribution < 1.29 is 13.2 Å². The van der Waals surface area contributed by atoms with Crippen LogP contribution in [0.3, 0.4) is 0 Å². The van der Waals surface area contributed by atoms with Crippen molar-refractivity contribution >= 4 is 15.8 Å². The highest BCUT2D eigenvalue weighted by molar-refractivity contribution is 7.88. The average molecular weight is 362 g/mol. The van der Waals surface area contributed by atoms with E-state index < -0.39 is 10.0 Å². The van der Waals surface area contributed by atoms with Gasteiger partial charge in [-0.1, -0.05) is 30.3 Å². The summed E-state index contributed by atoms with van der Waals surface area (Å²) in [6.45, 7) is 1.02. The first-order valence-corrected chi connectivity index (χ1v) is 9.82. The third-order valence-corrected chi connectivity index (χ3v) is 6.09. The maximum absolute atomic E-state index is 12.6. The molecule has 0 radical (unpaired) electrons. The minimum absolute atomic E-state index is 0.0506. The fraction of sp³-hybridized carbons (Fsp3) is 0.412. The number of hydrogen-bond donors (Lipinski definition) is 1. The number of aromatic nitrogens is 2. The van der Waals surface area contributed by atoms with Gasteiger partial charge in [0.1, 0.15) is 12.1 Å². The van der Waals surface area contributed by atoms with Gasteiger partial charge in [-0.25, -0.2) is 22.7 Å². The third-order valence-electron chi connectivity index (χ3n) is 4.24. The monoisotopic (exact) mass is 362 g/mol. The van der Waals surface area contributed by atoms with Gasteiger partial charge < -0.3 is 10.1 Å². The van der Waals surface area contributed by atoms with Crippen LogP contribution in [-0.4, -0.2) is 48.9 Å². The Hall–Kier alpha value is -2.19. The molecule has 2 aromatic rings. The van der Waals surface area contributed by atoms with E-state index in [1.54, 1.807) is 17.5 Å². The molecule has 1 aliphatic rings. The number of ether oxygens (including phenoxy) is 1. The van der Waals surface area contributed by atoms with E-state index >= 15 is 0 Å². The number of methoxy groups -OCH3 is 1. The number of piperidine rings is 1. The minimum Gasteiger partial charge on any atom is -0.481 e. The summed E-state index contributed by atoms with van der Waals surface area (Å²) in [5.74, 6) is 1.24. The lowest BCUT2D eigenvalue weighted by Gasteiger charge is -2.31. The number of hydrogen-bond acceptors (Lipinski definition) is 6. The van der Waals surface area contributed by atoms with Crippen molar-refractivity contribution in [2.75, 3.05) is 25.5 Å². The third kappa shape index (κ3) is 4.67. The van der Waals surface area contributed by atoms with Crippen LogP contribution in [0.25, 0.3) is 0 Å². The molecule has 0 amide bonds. The smallest absolute Gasteiger partial charge is 0.218 e. The molecule has 1 N–H and O–H groups in total. The molecular weight excluding hydrogens is 340 g/mol. The van der Waals surface area contributed by atoms with E-state index in [-0.39, 0.29) is 11.8 Å². The molecule has 0 unspecified atom stereocenters. The fourth-order valence-electron chi connectivity index (χ4n) is 2.89. The number of nitrogens with one attached hydrogen (secondary N) is 1. The second kappa shape index (κ2) is 7.79. The summed E-state index contributed by atoms with van der Waals surface area (Å²) in [6, 6.07) is 11.2. The summed E-state index contributed by atoms with van der Waals surface area (Å²) in [7, 11) is -1.73. The van der Waals surface area contributed by atoms with Crippen LogP contribution in [0.2, 0.25) is 0 Å². The first kappa shape index (κ1) is 17.6. The molecule has 8 heteroatoms. The van der Waals surface area contributed by atoms with Gasteiger partial charge in [0, 0.05) is 25.2 Å². The largest absolute Gasteiger partial charge is 0.481 e. The van der Waals surface area contributed by atoms with Crippen LogP contribution in [0, 0.1) is 0 Å². The average Bonchev–Trinajstić information content (AvgIpc) is 2.63. The molecule has 1 aromatic heterocycles. The van der Waals surface area contributed by atoms with Crippen molar-refractivity contribution in [3.8, 4) is 5.88 Å². The molecule has 1 aromatic carbocycles. The van der Waals surface area contributed by atoms with E-state index in [9.17, 15) is 8.42 Å². The molecule has 0 spiro atoms. The highest BCUT2D eigenvalue weighted by Gasteiger charge is 2.28. The van der Waals surface area contributed by atoms with E-state index in [1.165, 1.54) is 6.33 Å². The molecule has 7 nitrogen and oxygen atoms in total. The van der Waals surface area contributed by atoms with Crippen molar-refractivity contribution in [1.82, 2.24) is 14.3 Å². The van der Waals surface area contributed by atoms with Crippen LogP contribution in [0.15, 0.2) is 42.7 Å². The molecule has 1 fully saturated rings. The topological polar surface area (TPSA) is 84.4 Å². The number of sulfonamides is 1. The molecule has 0 saturated carbocycles. The van der Waals surface area contributed by atoms with E-state index in [2.05, 4.69) is 15.3 Å². The zero-order valence-electron chi connectivity index (χ0n) is 14.1. The molecule has 0 bridgehead atoms. The van der Waals surface area contributed by atoms with Gasteiger partial charge in [0.15, 0.2) is 0 Å². The maximum atomic E-state index is 12.6. The van der Waals surface area contributed by atoms with Gasteiger partial charge in [0.2, 0.25) is 15.9 Å². The van der Waals surface area contributed by atoms with E-state index in [0.29, 0.717) is 24.8 Å². The Morgan fingerprint density at radius 1 is 1.20 bits per heavy atom. The molecule has 0 atom stereocenters. The van der Waals surface area contributed by atoms with Crippen LogP contribution < -0.4 is 10.1 Å². The first-order valence-electron chi connectivity index (χ1n) is 8.21. The number of benzene rings is 1. The zero-order valence-corrected chi connectivity index (χ0v) is 14.9. The van der Waals surface area contributed by atoms with Gasteiger partial charge in [0.25, 0.3) is 0 Å². The molecule has 25 heavy (non-hydrogen) atoms. The lowest BCUT2D eigenvalue weighted by atomic mass is 10.1. The quantitative estimate of drug-likeness (QED) is 0.845.